The molecule has 0 spiro atoms. The smallest absolute Gasteiger partial charge is 0.323 e. The van der Waals surface area contributed by atoms with Crippen molar-refractivity contribution in [2.45, 2.75) is 0 Å². The van der Waals surface area contributed by atoms with E-state index in [9.17, 15) is 4.79 Å². The Balaban J connectivity index is 1.41. The lowest BCUT2D eigenvalue weighted by Gasteiger charge is -2.26. The molecule has 0 saturated heterocycles. The summed E-state index contributed by atoms with van der Waals surface area (Å²) in [7, 11) is 1.60. The average Bonchev–Trinajstić information content (AvgIpc) is 3.20. The van der Waals surface area contributed by atoms with Gasteiger partial charge >= 0.3 is 6.03 Å². The fourth-order valence-electron chi connectivity index (χ4n) is 2.89. The summed E-state index contributed by atoms with van der Waals surface area (Å²) < 4.78 is 5.11. The lowest BCUT2D eigenvalue weighted by Crippen LogP contribution is -2.27. The van der Waals surface area contributed by atoms with E-state index >= 15 is 0 Å². The number of amides is 2. The van der Waals surface area contributed by atoms with E-state index in [0.717, 1.165) is 22.0 Å². The highest BCUT2D eigenvalue weighted by atomic mass is 32.1. The van der Waals surface area contributed by atoms with Crippen LogP contribution in [0.15, 0.2) is 65.0 Å². The Labute approximate surface area is 166 Å². The first kappa shape index (κ1) is 17.9. The zero-order valence-corrected chi connectivity index (χ0v) is 16.0. The molecular weight excluding hydrogens is 374 g/mol. The van der Waals surface area contributed by atoms with E-state index in [4.69, 9.17) is 10.5 Å². The molecule has 2 aromatic carbocycles. The van der Waals surface area contributed by atoms with Crippen molar-refractivity contribution in [3.63, 3.8) is 0 Å². The number of nitrogens with one attached hydrogen (secondary N) is 2. The number of thiophene rings is 1. The van der Waals surface area contributed by atoms with Crippen molar-refractivity contribution in [1.29, 1.82) is 0 Å². The molecule has 142 valence electrons. The van der Waals surface area contributed by atoms with Crippen LogP contribution >= 0.6 is 11.3 Å². The van der Waals surface area contributed by atoms with Gasteiger partial charge in [0.05, 0.1) is 12.7 Å². The van der Waals surface area contributed by atoms with E-state index in [1.54, 1.807) is 42.7 Å². The number of nitrogens with zero attached hydrogens (tertiary/aromatic N) is 2. The summed E-state index contributed by atoms with van der Waals surface area (Å²) in [5.74, 6) is 1.31. The number of methoxy groups -OCH3 is 1. The predicted octanol–water partition coefficient (Wildman–Crippen LogP) is 4.22. The number of urea groups is 1. The van der Waals surface area contributed by atoms with Crippen molar-refractivity contribution < 1.29 is 9.53 Å². The molecule has 8 heteroatoms. The van der Waals surface area contributed by atoms with Crippen LogP contribution in [0, 0.1) is 0 Å². The maximum absolute atomic E-state index is 12.2. The van der Waals surface area contributed by atoms with Crippen LogP contribution in [0.5, 0.6) is 5.75 Å². The fourth-order valence-corrected chi connectivity index (χ4v) is 3.82. The van der Waals surface area contributed by atoms with Gasteiger partial charge < -0.3 is 26.0 Å². The summed E-state index contributed by atoms with van der Waals surface area (Å²) in [5, 5.41) is 8.69. The number of anilines is 4. The normalized spacial score (nSPS) is 12.8. The molecule has 0 atom stereocenters. The van der Waals surface area contributed by atoms with Gasteiger partial charge in [0.15, 0.2) is 0 Å². The number of hydrogen-bond acceptors (Lipinski definition) is 6. The molecule has 1 aliphatic heterocycles. The van der Waals surface area contributed by atoms with Gasteiger partial charge in [-0.25, -0.2) is 9.79 Å². The molecular formula is C20H19N5O2S. The molecule has 4 rings (SSSR count). The monoisotopic (exact) mass is 393 g/mol. The number of nitrogens with two attached hydrogens (primary N) is 1. The summed E-state index contributed by atoms with van der Waals surface area (Å²) in [4.78, 5) is 18.7. The number of amidine groups is 1. The minimum Gasteiger partial charge on any atom is -0.497 e. The van der Waals surface area contributed by atoms with E-state index < -0.39 is 0 Å². The number of aliphatic imine (C=N–C) groups is 1. The number of carbonyl (C=O) groups excluding carboxylic acids is 1. The van der Waals surface area contributed by atoms with Gasteiger partial charge in [-0.3, -0.25) is 0 Å². The number of fused-ring (bicyclic) bond motifs is 1. The summed E-state index contributed by atoms with van der Waals surface area (Å²) in [6, 6.07) is 16.4. The molecule has 28 heavy (non-hydrogen) atoms. The molecule has 0 fully saturated rings. The first-order valence-electron chi connectivity index (χ1n) is 8.61. The number of carbonyl (C=O) groups is 1. The van der Waals surface area contributed by atoms with E-state index in [1.807, 2.05) is 35.7 Å². The number of ether oxygens (including phenoxy) is 1. The largest absolute Gasteiger partial charge is 0.497 e. The SMILES string of the molecule is COc1ccc(NC(=O)Nc2ccc(N3CN=C(N)c4ccsc43)cc2)cc1. The van der Waals surface area contributed by atoms with Crippen molar-refractivity contribution in [2.24, 2.45) is 10.7 Å². The summed E-state index contributed by atoms with van der Waals surface area (Å²) >= 11 is 1.63. The zero-order valence-electron chi connectivity index (χ0n) is 15.2. The van der Waals surface area contributed by atoms with Gasteiger partial charge in [-0.05, 0) is 60.0 Å². The lowest BCUT2D eigenvalue weighted by molar-refractivity contribution is 0.262. The second kappa shape index (κ2) is 7.61. The highest BCUT2D eigenvalue weighted by Gasteiger charge is 2.21. The molecule has 0 saturated carbocycles. The maximum Gasteiger partial charge on any atom is 0.323 e. The van der Waals surface area contributed by atoms with Crippen LogP contribution in [-0.2, 0) is 0 Å². The van der Waals surface area contributed by atoms with Crippen LogP contribution in [0.4, 0.5) is 26.9 Å². The minimum absolute atomic E-state index is 0.311. The predicted molar refractivity (Wildman–Crippen MR) is 114 cm³/mol. The van der Waals surface area contributed by atoms with Gasteiger partial charge in [0.2, 0.25) is 0 Å². The Hall–Kier alpha value is -3.52. The summed E-state index contributed by atoms with van der Waals surface area (Å²) in [6.07, 6.45) is 0. The standard InChI is InChI=1S/C20H19N5O2S/c1-27-16-8-4-14(5-9-16)24-20(26)23-13-2-6-15(7-3-13)25-12-22-18(21)17-10-11-28-19(17)25/h2-11H,12H2,1H3,(H2,21,22)(H2,23,24,26). The first-order chi connectivity index (χ1) is 13.6. The van der Waals surface area contributed by atoms with E-state index in [2.05, 4.69) is 20.5 Å². The van der Waals surface area contributed by atoms with Gasteiger partial charge in [-0.1, -0.05) is 0 Å². The van der Waals surface area contributed by atoms with E-state index in [1.165, 1.54) is 0 Å². The van der Waals surface area contributed by atoms with Crippen LogP contribution in [0.3, 0.4) is 0 Å². The summed E-state index contributed by atoms with van der Waals surface area (Å²) in [6.45, 7) is 0.476. The van der Waals surface area contributed by atoms with Crippen molar-refractivity contribution in [1.82, 2.24) is 0 Å². The third kappa shape index (κ3) is 3.63. The molecule has 1 aromatic heterocycles. The van der Waals surface area contributed by atoms with E-state index in [0.29, 0.717) is 23.9 Å². The topological polar surface area (TPSA) is 92.0 Å². The van der Waals surface area contributed by atoms with Gasteiger partial charge in [0.25, 0.3) is 0 Å². The molecule has 1 aliphatic rings. The van der Waals surface area contributed by atoms with Crippen LogP contribution < -0.4 is 26.0 Å². The molecule has 2 amide bonds. The van der Waals surface area contributed by atoms with Gasteiger partial charge in [-0.2, -0.15) is 0 Å². The molecule has 0 bridgehead atoms. The van der Waals surface area contributed by atoms with Gasteiger partial charge in [-0.15, -0.1) is 11.3 Å². The maximum atomic E-state index is 12.2. The highest BCUT2D eigenvalue weighted by molar-refractivity contribution is 7.14. The Morgan fingerprint density at radius 3 is 2.36 bits per heavy atom. The van der Waals surface area contributed by atoms with Crippen molar-refractivity contribution >= 4 is 45.3 Å². The zero-order chi connectivity index (χ0) is 19.5. The molecule has 4 N–H and O–H groups in total. The third-order valence-corrected chi connectivity index (χ3v) is 5.27. The van der Waals surface area contributed by atoms with Crippen LogP contribution in [0.25, 0.3) is 0 Å². The van der Waals surface area contributed by atoms with E-state index in [-0.39, 0.29) is 6.03 Å². The van der Waals surface area contributed by atoms with Crippen LogP contribution in [-0.4, -0.2) is 25.6 Å². The molecule has 7 nitrogen and oxygen atoms in total. The highest BCUT2D eigenvalue weighted by Crippen LogP contribution is 2.36. The van der Waals surface area contributed by atoms with Crippen LogP contribution in [0.1, 0.15) is 5.56 Å². The quantitative estimate of drug-likeness (QED) is 0.619. The molecule has 0 aliphatic carbocycles. The molecule has 0 radical (unpaired) electrons. The number of rotatable bonds is 4. The van der Waals surface area contributed by atoms with Crippen molar-refractivity contribution in [3.05, 3.63) is 65.5 Å². The average molecular weight is 393 g/mol. The van der Waals surface area contributed by atoms with Crippen LogP contribution in [0.2, 0.25) is 0 Å². The second-order valence-corrected chi connectivity index (χ2v) is 7.00. The van der Waals surface area contributed by atoms with Gasteiger partial charge in [0, 0.05) is 17.1 Å². The number of benzene rings is 2. The number of hydrogen-bond donors (Lipinski definition) is 3. The molecule has 0 unspecified atom stereocenters. The second-order valence-electron chi connectivity index (χ2n) is 6.11. The Bertz CT molecular complexity index is 1010. The van der Waals surface area contributed by atoms with Crippen molar-refractivity contribution in [3.8, 4) is 5.75 Å². The molecule has 3 aromatic rings. The Kier molecular flexibility index (Phi) is 4.86. The van der Waals surface area contributed by atoms with Gasteiger partial charge in [0.1, 0.15) is 23.3 Å². The molecule has 2 heterocycles. The Morgan fingerprint density at radius 2 is 1.71 bits per heavy atom. The lowest BCUT2D eigenvalue weighted by atomic mass is 10.2. The third-order valence-electron chi connectivity index (χ3n) is 4.33. The van der Waals surface area contributed by atoms with Crippen molar-refractivity contribution in [2.75, 3.05) is 29.3 Å². The fraction of sp³-hybridized carbons (Fsp3) is 0.100. The summed E-state index contributed by atoms with van der Waals surface area (Å²) in [5.41, 5.74) is 9.28. The Morgan fingerprint density at radius 1 is 1.07 bits per heavy atom. The minimum atomic E-state index is -0.311. The first-order valence-corrected chi connectivity index (χ1v) is 9.49.